The summed E-state index contributed by atoms with van der Waals surface area (Å²) in [5.74, 6) is 1.20. The second-order valence-corrected chi connectivity index (χ2v) is 11.0. The molecule has 0 heterocycles. The molecule has 196 valence electrons. The van der Waals surface area contributed by atoms with Gasteiger partial charge in [0.25, 0.3) is 0 Å². The van der Waals surface area contributed by atoms with Crippen molar-refractivity contribution in [1.82, 2.24) is 10.2 Å². The van der Waals surface area contributed by atoms with Gasteiger partial charge in [-0.05, 0) is 36.6 Å². The van der Waals surface area contributed by atoms with E-state index in [0.717, 1.165) is 17.7 Å². The predicted octanol–water partition coefficient (Wildman–Crippen LogP) is 7.17. The Hall–Kier alpha value is -2.47. The van der Waals surface area contributed by atoms with Crippen molar-refractivity contribution >= 4 is 46.8 Å². The summed E-state index contributed by atoms with van der Waals surface area (Å²) < 4.78 is 0. The fourth-order valence-corrected chi connectivity index (χ4v) is 5.32. The highest BCUT2D eigenvalue weighted by Gasteiger charge is 2.31. The highest BCUT2D eigenvalue weighted by molar-refractivity contribution is 7.98. The Bertz CT molecular complexity index is 1120. The van der Waals surface area contributed by atoms with Gasteiger partial charge in [-0.15, -0.1) is 0 Å². The second-order valence-electron chi connectivity index (χ2n) is 9.03. The zero-order chi connectivity index (χ0) is 26.6. The van der Waals surface area contributed by atoms with E-state index in [9.17, 15) is 9.59 Å². The first-order chi connectivity index (χ1) is 17.9. The molecule has 0 aliphatic carbocycles. The molecule has 0 radical (unpaired) electrons. The van der Waals surface area contributed by atoms with Crippen molar-refractivity contribution in [2.24, 2.45) is 0 Å². The van der Waals surface area contributed by atoms with E-state index in [1.807, 2.05) is 62.4 Å². The van der Waals surface area contributed by atoms with Gasteiger partial charge in [-0.3, -0.25) is 9.59 Å². The summed E-state index contributed by atoms with van der Waals surface area (Å²) in [5.41, 5.74) is 2.84. The van der Waals surface area contributed by atoms with Crippen LogP contribution >= 0.6 is 35.0 Å². The Morgan fingerprint density at radius 2 is 1.49 bits per heavy atom. The predicted molar refractivity (Wildman–Crippen MR) is 156 cm³/mol. The van der Waals surface area contributed by atoms with Crippen LogP contribution in [-0.2, 0) is 28.3 Å². The number of carbonyl (C=O) groups excluding carboxylic acids is 2. The smallest absolute Gasteiger partial charge is 0.243 e. The van der Waals surface area contributed by atoms with Crippen molar-refractivity contribution in [2.45, 2.75) is 57.5 Å². The molecule has 0 aliphatic heterocycles. The summed E-state index contributed by atoms with van der Waals surface area (Å²) in [6.45, 7) is 4.15. The molecular weight excluding hydrogens is 523 g/mol. The van der Waals surface area contributed by atoms with E-state index in [4.69, 9.17) is 23.2 Å². The maximum absolute atomic E-state index is 13.7. The number of halogens is 2. The summed E-state index contributed by atoms with van der Waals surface area (Å²) in [6, 6.07) is 24.5. The Morgan fingerprint density at radius 3 is 2.08 bits per heavy atom. The lowest BCUT2D eigenvalue weighted by Gasteiger charge is -2.33. The van der Waals surface area contributed by atoms with Gasteiger partial charge in [0.2, 0.25) is 11.8 Å². The quantitative estimate of drug-likeness (QED) is 0.227. The van der Waals surface area contributed by atoms with E-state index in [1.165, 1.54) is 5.56 Å². The summed E-state index contributed by atoms with van der Waals surface area (Å²) in [5, 5.41) is 4.04. The van der Waals surface area contributed by atoms with Crippen LogP contribution in [0.4, 0.5) is 0 Å². The average Bonchev–Trinajstić information content (AvgIpc) is 2.91. The minimum absolute atomic E-state index is 0.00643. The Labute approximate surface area is 234 Å². The van der Waals surface area contributed by atoms with E-state index in [2.05, 4.69) is 17.4 Å². The third kappa shape index (κ3) is 9.10. The molecular formula is C30H34Cl2N2O2S. The number of hydrogen-bond donors (Lipinski definition) is 1. The molecule has 0 unspecified atom stereocenters. The third-order valence-electron chi connectivity index (χ3n) is 6.23. The van der Waals surface area contributed by atoms with Gasteiger partial charge in [0.05, 0.1) is 0 Å². The first kappa shape index (κ1) is 29.1. The van der Waals surface area contributed by atoms with Gasteiger partial charge in [0.15, 0.2) is 0 Å². The first-order valence-electron chi connectivity index (χ1n) is 12.6. The molecule has 0 saturated heterocycles. The van der Waals surface area contributed by atoms with E-state index < -0.39 is 6.04 Å². The lowest BCUT2D eigenvalue weighted by atomic mass is 10.0. The van der Waals surface area contributed by atoms with Crippen LogP contribution in [0.25, 0.3) is 0 Å². The van der Waals surface area contributed by atoms with E-state index >= 15 is 0 Å². The van der Waals surface area contributed by atoms with Crippen molar-refractivity contribution in [3.05, 3.63) is 106 Å². The zero-order valence-corrected chi connectivity index (χ0v) is 23.7. The monoisotopic (exact) mass is 556 g/mol. The van der Waals surface area contributed by atoms with Crippen LogP contribution in [0.5, 0.6) is 0 Å². The molecule has 0 aliphatic rings. The molecule has 2 atom stereocenters. The van der Waals surface area contributed by atoms with Gasteiger partial charge in [-0.1, -0.05) is 96.9 Å². The standard InChI is InChI=1S/C30H34Cl2N2O2S/c1-3-22(2)33-30(36)28(19-23-11-6-4-7-12-23)34(20-25-26(31)15-10-16-27(25)32)29(35)17-18-37-21-24-13-8-5-9-14-24/h4-16,22,28H,3,17-21H2,1-2H3,(H,33,36)/t22-,28-/m0/s1. The number of thioether (sulfide) groups is 1. The largest absolute Gasteiger partial charge is 0.352 e. The van der Waals surface area contributed by atoms with Crippen molar-refractivity contribution in [2.75, 3.05) is 5.75 Å². The maximum atomic E-state index is 13.7. The molecule has 7 heteroatoms. The number of nitrogens with one attached hydrogen (secondary N) is 1. The first-order valence-corrected chi connectivity index (χ1v) is 14.5. The van der Waals surface area contributed by atoms with Crippen LogP contribution in [-0.4, -0.2) is 34.6 Å². The number of hydrogen-bond acceptors (Lipinski definition) is 3. The Kier molecular flexibility index (Phi) is 11.8. The van der Waals surface area contributed by atoms with Gasteiger partial charge in [0.1, 0.15) is 6.04 Å². The highest BCUT2D eigenvalue weighted by Crippen LogP contribution is 2.28. The van der Waals surface area contributed by atoms with Gasteiger partial charge < -0.3 is 10.2 Å². The van der Waals surface area contributed by atoms with Gasteiger partial charge in [0, 0.05) is 52.5 Å². The van der Waals surface area contributed by atoms with Gasteiger partial charge >= 0.3 is 0 Å². The summed E-state index contributed by atoms with van der Waals surface area (Å²) in [4.78, 5) is 28.9. The van der Waals surface area contributed by atoms with Crippen LogP contribution in [0.3, 0.4) is 0 Å². The highest BCUT2D eigenvalue weighted by atomic mass is 35.5. The second kappa shape index (κ2) is 15.1. The van der Waals surface area contributed by atoms with E-state index in [1.54, 1.807) is 34.9 Å². The van der Waals surface area contributed by atoms with Crippen LogP contribution in [0.15, 0.2) is 78.9 Å². The molecule has 0 aromatic heterocycles. The molecule has 0 saturated carbocycles. The molecule has 1 N–H and O–H groups in total. The molecule has 2 amide bonds. The van der Waals surface area contributed by atoms with Gasteiger partial charge in [-0.2, -0.15) is 11.8 Å². The topological polar surface area (TPSA) is 49.4 Å². The summed E-state index contributed by atoms with van der Waals surface area (Å²) in [6.07, 6.45) is 1.50. The molecule has 0 bridgehead atoms. The van der Waals surface area contributed by atoms with Crippen LogP contribution in [0.1, 0.15) is 43.4 Å². The van der Waals surface area contributed by atoms with Crippen molar-refractivity contribution in [1.29, 1.82) is 0 Å². The number of rotatable bonds is 13. The maximum Gasteiger partial charge on any atom is 0.243 e. The number of amides is 2. The SMILES string of the molecule is CC[C@H](C)NC(=O)[C@H](Cc1ccccc1)N(Cc1c(Cl)cccc1Cl)C(=O)CCSCc1ccccc1. The third-order valence-corrected chi connectivity index (χ3v) is 7.97. The molecule has 0 fully saturated rings. The van der Waals surface area contributed by atoms with Crippen LogP contribution in [0, 0.1) is 0 Å². The van der Waals surface area contributed by atoms with Crippen molar-refractivity contribution in [3.8, 4) is 0 Å². The fourth-order valence-electron chi connectivity index (χ4n) is 3.92. The van der Waals surface area contributed by atoms with Crippen molar-refractivity contribution in [3.63, 3.8) is 0 Å². The lowest BCUT2D eigenvalue weighted by molar-refractivity contribution is -0.141. The molecule has 3 aromatic rings. The minimum Gasteiger partial charge on any atom is -0.352 e. The molecule has 3 rings (SSSR count). The Morgan fingerprint density at radius 1 is 0.892 bits per heavy atom. The fraction of sp³-hybridized carbons (Fsp3) is 0.333. The number of benzene rings is 3. The molecule has 37 heavy (non-hydrogen) atoms. The number of nitrogens with zero attached hydrogens (tertiary/aromatic N) is 1. The summed E-state index contributed by atoms with van der Waals surface area (Å²) >= 11 is 14.7. The minimum atomic E-state index is -0.699. The average molecular weight is 558 g/mol. The Balaban J connectivity index is 1.85. The molecule has 0 spiro atoms. The summed E-state index contributed by atoms with van der Waals surface area (Å²) in [7, 11) is 0. The van der Waals surface area contributed by atoms with E-state index in [-0.39, 0.29) is 24.4 Å². The van der Waals surface area contributed by atoms with E-state index in [0.29, 0.717) is 34.2 Å². The van der Waals surface area contributed by atoms with Gasteiger partial charge in [-0.25, -0.2) is 0 Å². The lowest BCUT2D eigenvalue weighted by Crippen LogP contribution is -2.52. The van der Waals surface area contributed by atoms with Crippen LogP contribution in [0.2, 0.25) is 10.0 Å². The number of carbonyl (C=O) groups is 2. The molecule has 3 aromatic carbocycles. The van der Waals surface area contributed by atoms with Crippen molar-refractivity contribution < 1.29 is 9.59 Å². The normalized spacial score (nSPS) is 12.5. The zero-order valence-electron chi connectivity index (χ0n) is 21.3. The molecule has 4 nitrogen and oxygen atoms in total. The van der Waals surface area contributed by atoms with Crippen LogP contribution < -0.4 is 5.32 Å².